The minimum Gasteiger partial charge on any atom is -0.462 e. The molecule has 0 radical (unpaired) electrons. The summed E-state index contributed by atoms with van der Waals surface area (Å²) in [4.78, 5) is 37.9. The van der Waals surface area contributed by atoms with Crippen molar-refractivity contribution >= 4 is 17.9 Å². The van der Waals surface area contributed by atoms with E-state index in [-0.39, 0.29) is 37.5 Å². The third-order valence-corrected chi connectivity index (χ3v) is 11.5. The number of carbonyl (C=O) groups is 3. The van der Waals surface area contributed by atoms with E-state index in [0.29, 0.717) is 19.3 Å². The van der Waals surface area contributed by atoms with Crippen molar-refractivity contribution < 1.29 is 28.6 Å². The van der Waals surface area contributed by atoms with Gasteiger partial charge in [-0.15, -0.1) is 0 Å². The van der Waals surface area contributed by atoms with Crippen molar-refractivity contribution in [2.75, 3.05) is 13.2 Å². The van der Waals surface area contributed by atoms with Crippen LogP contribution in [0.2, 0.25) is 0 Å². The lowest BCUT2D eigenvalue weighted by molar-refractivity contribution is -0.167. The Bertz CT molecular complexity index is 1150. The van der Waals surface area contributed by atoms with Crippen LogP contribution in [-0.2, 0) is 28.6 Å². The molecule has 63 heavy (non-hydrogen) atoms. The van der Waals surface area contributed by atoms with E-state index in [9.17, 15) is 14.4 Å². The first-order chi connectivity index (χ1) is 31.0. The van der Waals surface area contributed by atoms with E-state index in [1.54, 1.807) is 0 Å². The van der Waals surface area contributed by atoms with Crippen LogP contribution in [0.3, 0.4) is 0 Å². The summed E-state index contributed by atoms with van der Waals surface area (Å²) in [5.74, 6) is -0.962. The van der Waals surface area contributed by atoms with E-state index in [1.807, 2.05) is 0 Å². The summed E-state index contributed by atoms with van der Waals surface area (Å²) in [6.45, 7) is 6.57. The number of hydrogen-bond acceptors (Lipinski definition) is 6. The van der Waals surface area contributed by atoms with Gasteiger partial charge in [0.25, 0.3) is 0 Å². The van der Waals surface area contributed by atoms with E-state index in [4.69, 9.17) is 14.2 Å². The molecule has 1 atom stereocenters. The maximum Gasteiger partial charge on any atom is 0.306 e. The zero-order chi connectivity index (χ0) is 45.8. The molecular formula is C57H100O6. The molecule has 0 saturated heterocycles. The minimum absolute atomic E-state index is 0.0977. The van der Waals surface area contributed by atoms with Gasteiger partial charge in [0.05, 0.1) is 0 Å². The predicted molar refractivity (Wildman–Crippen MR) is 270 cm³/mol. The Balaban J connectivity index is 4.43. The second kappa shape index (κ2) is 51.7. The average molecular weight is 881 g/mol. The van der Waals surface area contributed by atoms with Crippen LogP contribution in [0.15, 0.2) is 60.8 Å². The van der Waals surface area contributed by atoms with E-state index in [2.05, 4.69) is 81.5 Å². The number of allylic oxidation sites excluding steroid dienone is 10. The van der Waals surface area contributed by atoms with Gasteiger partial charge in [-0.1, -0.05) is 229 Å². The maximum atomic E-state index is 12.8. The Morgan fingerprint density at radius 2 is 0.635 bits per heavy atom. The number of esters is 3. The largest absolute Gasteiger partial charge is 0.462 e. The van der Waals surface area contributed by atoms with Gasteiger partial charge in [-0.05, 0) is 77.0 Å². The Morgan fingerprint density at radius 1 is 0.333 bits per heavy atom. The lowest BCUT2D eigenvalue weighted by atomic mass is 10.1. The fraction of sp³-hybridized carbons (Fsp3) is 0.772. The molecule has 0 aliphatic rings. The van der Waals surface area contributed by atoms with Crippen LogP contribution in [0.5, 0.6) is 0 Å². The van der Waals surface area contributed by atoms with Crippen molar-refractivity contribution in [1.82, 2.24) is 0 Å². The van der Waals surface area contributed by atoms with Gasteiger partial charge in [0.15, 0.2) is 6.10 Å². The smallest absolute Gasteiger partial charge is 0.306 e. The highest BCUT2D eigenvalue weighted by Gasteiger charge is 2.19. The maximum absolute atomic E-state index is 12.8. The summed E-state index contributed by atoms with van der Waals surface area (Å²) in [7, 11) is 0. The fourth-order valence-electron chi connectivity index (χ4n) is 7.45. The van der Waals surface area contributed by atoms with Crippen molar-refractivity contribution in [3.8, 4) is 0 Å². The molecule has 0 spiro atoms. The molecule has 1 unspecified atom stereocenters. The quantitative estimate of drug-likeness (QED) is 0.0199. The van der Waals surface area contributed by atoms with Gasteiger partial charge in [0, 0.05) is 19.3 Å². The molecule has 0 heterocycles. The van der Waals surface area contributed by atoms with E-state index in [1.165, 1.54) is 141 Å². The number of rotatable bonds is 48. The van der Waals surface area contributed by atoms with Gasteiger partial charge in [-0.2, -0.15) is 0 Å². The standard InChI is InChI=1S/C57H100O6/c1-4-7-10-13-16-19-22-24-26-28-30-31-33-35-38-41-44-47-50-56(59)62-53-54(52-61-55(58)49-46-43-40-37-21-18-15-12-9-6-3)63-57(60)51-48-45-42-39-36-34-32-29-27-25-23-20-17-14-11-8-5-2/h25-28,30-32,34,39,42,54H,4-24,29,33,35-38,40-41,43-53H2,1-3H3/b27-25-,28-26-,31-30-,34-32-,42-39-. The summed E-state index contributed by atoms with van der Waals surface area (Å²) in [5, 5.41) is 0. The van der Waals surface area contributed by atoms with Gasteiger partial charge in [0.1, 0.15) is 13.2 Å². The molecule has 0 amide bonds. The number of unbranched alkanes of at least 4 members (excludes halogenated alkanes) is 28. The second-order valence-electron chi connectivity index (χ2n) is 17.8. The third-order valence-electron chi connectivity index (χ3n) is 11.5. The lowest BCUT2D eigenvalue weighted by Gasteiger charge is -2.18. The van der Waals surface area contributed by atoms with Crippen molar-refractivity contribution in [3.05, 3.63) is 60.8 Å². The Hall–Kier alpha value is -2.89. The number of ether oxygens (including phenoxy) is 3. The third kappa shape index (κ3) is 50.0. The molecular weight excluding hydrogens is 781 g/mol. The van der Waals surface area contributed by atoms with Gasteiger partial charge in [-0.3, -0.25) is 14.4 Å². The van der Waals surface area contributed by atoms with E-state index in [0.717, 1.165) is 77.0 Å². The van der Waals surface area contributed by atoms with Crippen LogP contribution >= 0.6 is 0 Å². The molecule has 0 fully saturated rings. The number of carbonyl (C=O) groups excluding carboxylic acids is 3. The molecule has 6 heteroatoms. The topological polar surface area (TPSA) is 78.9 Å². The first kappa shape index (κ1) is 60.1. The molecule has 0 aliphatic carbocycles. The van der Waals surface area contributed by atoms with Gasteiger partial charge < -0.3 is 14.2 Å². The summed E-state index contributed by atoms with van der Waals surface area (Å²) in [6, 6.07) is 0. The minimum atomic E-state index is -0.804. The van der Waals surface area contributed by atoms with Crippen LogP contribution in [-0.4, -0.2) is 37.2 Å². The van der Waals surface area contributed by atoms with E-state index >= 15 is 0 Å². The fourth-order valence-corrected chi connectivity index (χ4v) is 7.45. The number of hydrogen-bond donors (Lipinski definition) is 0. The highest BCUT2D eigenvalue weighted by atomic mass is 16.6. The second-order valence-corrected chi connectivity index (χ2v) is 17.8. The monoisotopic (exact) mass is 881 g/mol. The van der Waals surface area contributed by atoms with E-state index < -0.39 is 6.10 Å². The zero-order valence-electron chi connectivity index (χ0n) is 41.6. The molecule has 0 bridgehead atoms. The molecule has 0 aromatic rings. The molecule has 0 aromatic heterocycles. The summed E-state index contributed by atoms with van der Waals surface area (Å²) >= 11 is 0. The highest BCUT2D eigenvalue weighted by Crippen LogP contribution is 2.14. The van der Waals surface area contributed by atoms with Crippen LogP contribution in [0, 0.1) is 0 Å². The van der Waals surface area contributed by atoms with Gasteiger partial charge in [-0.25, -0.2) is 0 Å². The molecule has 0 saturated carbocycles. The zero-order valence-corrected chi connectivity index (χ0v) is 41.6. The first-order valence-corrected chi connectivity index (χ1v) is 26.8. The van der Waals surface area contributed by atoms with Crippen molar-refractivity contribution in [1.29, 1.82) is 0 Å². The molecule has 0 N–H and O–H groups in total. The summed E-state index contributed by atoms with van der Waals surface area (Å²) in [6.07, 6.45) is 63.6. The van der Waals surface area contributed by atoms with Crippen LogP contribution in [0.1, 0.15) is 265 Å². The Kier molecular flexibility index (Phi) is 49.4. The Morgan fingerprint density at radius 3 is 1.03 bits per heavy atom. The molecule has 6 nitrogen and oxygen atoms in total. The molecule has 364 valence electrons. The van der Waals surface area contributed by atoms with Crippen LogP contribution in [0.4, 0.5) is 0 Å². The summed E-state index contributed by atoms with van der Waals surface area (Å²) in [5.41, 5.74) is 0. The average Bonchev–Trinajstić information content (AvgIpc) is 3.28. The SMILES string of the molecule is CCCCCCCC/C=C\C/C=C\C/C=C\CCCC(=O)OC(COC(=O)CCCCCCC/C=C\C=C/CCCCCCCCC)COC(=O)CCCCCCCCCCCC. The van der Waals surface area contributed by atoms with Crippen molar-refractivity contribution in [2.45, 2.75) is 271 Å². The molecule has 0 aliphatic heterocycles. The Labute approximate surface area is 390 Å². The normalized spacial score (nSPS) is 12.5. The van der Waals surface area contributed by atoms with Crippen molar-refractivity contribution in [2.24, 2.45) is 0 Å². The highest BCUT2D eigenvalue weighted by molar-refractivity contribution is 5.71. The van der Waals surface area contributed by atoms with Crippen molar-refractivity contribution in [3.63, 3.8) is 0 Å². The van der Waals surface area contributed by atoms with Crippen LogP contribution < -0.4 is 0 Å². The van der Waals surface area contributed by atoms with Gasteiger partial charge >= 0.3 is 17.9 Å². The molecule has 0 aromatic carbocycles. The summed E-state index contributed by atoms with van der Waals surface area (Å²) < 4.78 is 16.7. The predicted octanol–water partition coefficient (Wildman–Crippen LogP) is 17.6. The van der Waals surface area contributed by atoms with Crippen LogP contribution in [0.25, 0.3) is 0 Å². The molecule has 0 rings (SSSR count). The lowest BCUT2D eigenvalue weighted by Crippen LogP contribution is -2.30. The van der Waals surface area contributed by atoms with Gasteiger partial charge in [0.2, 0.25) is 0 Å². The first-order valence-electron chi connectivity index (χ1n) is 26.8.